The summed E-state index contributed by atoms with van der Waals surface area (Å²) in [5.41, 5.74) is 0.537. The van der Waals surface area contributed by atoms with E-state index in [4.69, 9.17) is 19.5 Å². The molecule has 20 heavy (non-hydrogen) atoms. The Bertz CT molecular complexity index is 590. The van der Waals surface area contributed by atoms with Gasteiger partial charge < -0.3 is 14.2 Å². The van der Waals surface area contributed by atoms with E-state index >= 15 is 0 Å². The molecule has 0 saturated heterocycles. The minimum Gasteiger partial charge on any atom is -0.493 e. The highest BCUT2D eigenvalue weighted by Crippen LogP contribution is 2.27. The van der Waals surface area contributed by atoms with Crippen molar-refractivity contribution in [1.29, 1.82) is 5.26 Å². The van der Waals surface area contributed by atoms with E-state index in [0.29, 0.717) is 30.3 Å². The van der Waals surface area contributed by atoms with Gasteiger partial charge in [-0.1, -0.05) is 18.2 Å². The van der Waals surface area contributed by atoms with Crippen molar-refractivity contribution in [1.82, 2.24) is 0 Å². The molecule has 0 aromatic heterocycles. The average molecular weight is 269 g/mol. The Balaban J connectivity index is 1.87. The molecule has 0 unspecified atom stereocenters. The van der Waals surface area contributed by atoms with Crippen molar-refractivity contribution in [3.8, 4) is 23.3 Å². The van der Waals surface area contributed by atoms with Gasteiger partial charge in [-0.3, -0.25) is 0 Å². The summed E-state index contributed by atoms with van der Waals surface area (Å²) in [7, 11) is 1.55. The number of para-hydroxylation sites is 1. The minimum absolute atomic E-state index is 0.400. The Labute approximate surface area is 118 Å². The Morgan fingerprint density at radius 3 is 2.40 bits per heavy atom. The van der Waals surface area contributed by atoms with Gasteiger partial charge in [-0.05, 0) is 24.3 Å². The van der Waals surface area contributed by atoms with Gasteiger partial charge in [-0.2, -0.15) is 5.26 Å². The van der Waals surface area contributed by atoms with Crippen LogP contribution in [0.1, 0.15) is 5.56 Å². The third kappa shape index (κ3) is 3.66. The van der Waals surface area contributed by atoms with Crippen LogP contribution < -0.4 is 14.2 Å². The Kier molecular flexibility index (Phi) is 4.85. The maximum absolute atomic E-state index is 8.82. The van der Waals surface area contributed by atoms with E-state index in [1.807, 2.05) is 30.3 Å². The molecule has 0 aliphatic rings. The van der Waals surface area contributed by atoms with Crippen LogP contribution in [-0.4, -0.2) is 20.3 Å². The molecule has 2 aromatic carbocycles. The standard InChI is InChI=1S/C16H15NO3/c1-18-16-11-13(12-17)7-8-15(16)20-10-9-19-14-5-3-2-4-6-14/h2-8,11H,9-10H2,1H3. The number of rotatable bonds is 6. The largest absolute Gasteiger partial charge is 0.493 e. The number of hydrogen-bond donors (Lipinski definition) is 0. The van der Waals surface area contributed by atoms with Crippen molar-refractivity contribution in [2.45, 2.75) is 0 Å². The first kappa shape index (κ1) is 13.8. The fourth-order valence-corrected chi connectivity index (χ4v) is 1.68. The third-order valence-electron chi connectivity index (χ3n) is 2.65. The lowest BCUT2D eigenvalue weighted by molar-refractivity contribution is 0.211. The van der Waals surface area contributed by atoms with Crippen molar-refractivity contribution in [3.05, 3.63) is 54.1 Å². The molecule has 0 atom stereocenters. The number of benzene rings is 2. The molecule has 0 spiro atoms. The number of nitrogens with zero attached hydrogens (tertiary/aromatic N) is 1. The first-order chi connectivity index (χ1) is 9.83. The SMILES string of the molecule is COc1cc(C#N)ccc1OCCOc1ccccc1. The maximum atomic E-state index is 8.82. The van der Waals surface area contributed by atoms with Crippen LogP contribution >= 0.6 is 0 Å². The lowest BCUT2D eigenvalue weighted by Crippen LogP contribution is -2.09. The molecule has 4 nitrogen and oxygen atoms in total. The summed E-state index contributed by atoms with van der Waals surface area (Å²) < 4.78 is 16.3. The smallest absolute Gasteiger partial charge is 0.162 e. The van der Waals surface area contributed by atoms with E-state index in [2.05, 4.69) is 6.07 Å². The van der Waals surface area contributed by atoms with Gasteiger partial charge in [0.15, 0.2) is 11.5 Å². The number of ether oxygens (including phenoxy) is 3. The number of nitriles is 1. The van der Waals surface area contributed by atoms with Crippen molar-refractivity contribution < 1.29 is 14.2 Å². The lowest BCUT2D eigenvalue weighted by atomic mass is 10.2. The zero-order chi connectivity index (χ0) is 14.2. The molecule has 0 fully saturated rings. The summed E-state index contributed by atoms with van der Waals surface area (Å²) in [4.78, 5) is 0. The second-order valence-electron chi connectivity index (χ2n) is 3.99. The van der Waals surface area contributed by atoms with Gasteiger partial charge in [0.05, 0.1) is 18.7 Å². The monoisotopic (exact) mass is 269 g/mol. The quantitative estimate of drug-likeness (QED) is 0.756. The van der Waals surface area contributed by atoms with Crippen molar-refractivity contribution in [3.63, 3.8) is 0 Å². The number of methoxy groups -OCH3 is 1. The molecule has 0 radical (unpaired) electrons. The molecule has 0 saturated carbocycles. The second kappa shape index (κ2) is 7.05. The summed E-state index contributed by atoms with van der Waals surface area (Å²) in [6.45, 7) is 0.838. The van der Waals surface area contributed by atoms with E-state index in [-0.39, 0.29) is 0 Å². The zero-order valence-corrected chi connectivity index (χ0v) is 11.2. The van der Waals surface area contributed by atoms with Crippen molar-refractivity contribution in [2.24, 2.45) is 0 Å². The van der Waals surface area contributed by atoms with Gasteiger partial charge >= 0.3 is 0 Å². The molecule has 0 bridgehead atoms. The van der Waals surface area contributed by atoms with E-state index in [1.165, 1.54) is 0 Å². The van der Waals surface area contributed by atoms with E-state index < -0.39 is 0 Å². The Morgan fingerprint density at radius 2 is 1.70 bits per heavy atom. The van der Waals surface area contributed by atoms with Crippen LogP contribution in [0.5, 0.6) is 17.2 Å². The summed E-state index contributed by atoms with van der Waals surface area (Å²) in [5.74, 6) is 1.95. The molecule has 0 aliphatic heterocycles. The molecular formula is C16H15NO3. The molecule has 2 rings (SSSR count). The van der Waals surface area contributed by atoms with E-state index in [9.17, 15) is 0 Å². The Hall–Kier alpha value is -2.67. The molecule has 102 valence electrons. The fraction of sp³-hybridized carbons (Fsp3) is 0.188. The molecule has 0 N–H and O–H groups in total. The van der Waals surface area contributed by atoms with Gasteiger partial charge in [-0.25, -0.2) is 0 Å². The summed E-state index contributed by atoms with van der Waals surface area (Å²) in [6, 6.07) is 16.7. The van der Waals surface area contributed by atoms with Crippen LogP contribution in [0.2, 0.25) is 0 Å². The summed E-state index contributed by atoms with van der Waals surface area (Å²) in [5, 5.41) is 8.82. The average Bonchev–Trinajstić information content (AvgIpc) is 2.52. The van der Waals surface area contributed by atoms with Crippen LogP contribution in [-0.2, 0) is 0 Å². The fourth-order valence-electron chi connectivity index (χ4n) is 1.68. The third-order valence-corrected chi connectivity index (χ3v) is 2.65. The highest BCUT2D eigenvalue weighted by atomic mass is 16.5. The minimum atomic E-state index is 0.400. The molecular weight excluding hydrogens is 254 g/mol. The highest BCUT2D eigenvalue weighted by Gasteiger charge is 2.05. The summed E-state index contributed by atoms with van der Waals surface area (Å²) in [6.07, 6.45) is 0. The maximum Gasteiger partial charge on any atom is 0.162 e. The molecule has 0 aliphatic carbocycles. The van der Waals surface area contributed by atoms with Crippen molar-refractivity contribution in [2.75, 3.05) is 20.3 Å². The van der Waals surface area contributed by atoms with Gasteiger partial charge in [-0.15, -0.1) is 0 Å². The predicted molar refractivity (Wildman–Crippen MR) is 75.1 cm³/mol. The zero-order valence-electron chi connectivity index (χ0n) is 11.2. The molecule has 0 amide bonds. The summed E-state index contributed by atoms with van der Waals surface area (Å²) >= 11 is 0. The second-order valence-corrected chi connectivity index (χ2v) is 3.99. The normalized spacial score (nSPS) is 9.60. The van der Waals surface area contributed by atoms with Crippen LogP contribution in [0, 0.1) is 11.3 Å². The van der Waals surface area contributed by atoms with E-state index in [1.54, 1.807) is 25.3 Å². The van der Waals surface area contributed by atoms with Crippen LogP contribution in [0.15, 0.2) is 48.5 Å². The molecule has 0 heterocycles. The molecule has 4 heteroatoms. The van der Waals surface area contributed by atoms with E-state index in [0.717, 1.165) is 5.75 Å². The van der Waals surface area contributed by atoms with Crippen LogP contribution in [0.3, 0.4) is 0 Å². The Morgan fingerprint density at radius 1 is 0.950 bits per heavy atom. The van der Waals surface area contributed by atoms with Gasteiger partial charge in [0.25, 0.3) is 0 Å². The van der Waals surface area contributed by atoms with Crippen molar-refractivity contribution >= 4 is 0 Å². The molecule has 2 aromatic rings. The van der Waals surface area contributed by atoms with Crippen LogP contribution in [0.25, 0.3) is 0 Å². The first-order valence-corrected chi connectivity index (χ1v) is 6.22. The van der Waals surface area contributed by atoms with Gasteiger partial charge in [0.2, 0.25) is 0 Å². The first-order valence-electron chi connectivity index (χ1n) is 6.22. The van der Waals surface area contributed by atoms with Gasteiger partial charge in [0.1, 0.15) is 19.0 Å². The van der Waals surface area contributed by atoms with Crippen LogP contribution in [0.4, 0.5) is 0 Å². The lowest BCUT2D eigenvalue weighted by Gasteiger charge is -2.11. The topological polar surface area (TPSA) is 51.5 Å². The van der Waals surface area contributed by atoms with Gasteiger partial charge in [0, 0.05) is 6.07 Å². The number of hydrogen-bond acceptors (Lipinski definition) is 4. The highest BCUT2D eigenvalue weighted by molar-refractivity contribution is 5.46. The predicted octanol–water partition coefficient (Wildman–Crippen LogP) is 3.02.